The second-order valence-corrected chi connectivity index (χ2v) is 9.86. The van der Waals surface area contributed by atoms with Gasteiger partial charge in [0.1, 0.15) is 18.2 Å². The minimum atomic E-state index is -0.199. The van der Waals surface area contributed by atoms with Crippen LogP contribution in [0.3, 0.4) is 0 Å². The van der Waals surface area contributed by atoms with Gasteiger partial charge in [0.15, 0.2) is 0 Å². The lowest BCUT2D eigenvalue weighted by Gasteiger charge is -2.35. The van der Waals surface area contributed by atoms with Gasteiger partial charge in [-0.05, 0) is 48.4 Å². The number of H-pyrrole nitrogens is 1. The van der Waals surface area contributed by atoms with E-state index in [0.29, 0.717) is 43.1 Å². The number of nitrogens with zero attached hydrogens (tertiary/aromatic N) is 5. The van der Waals surface area contributed by atoms with Gasteiger partial charge in [0.2, 0.25) is 0 Å². The van der Waals surface area contributed by atoms with Gasteiger partial charge in [-0.3, -0.25) is 9.59 Å². The fourth-order valence-electron chi connectivity index (χ4n) is 5.39. The van der Waals surface area contributed by atoms with Crippen LogP contribution in [0.4, 0.5) is 11.5 Å². The lowest BCUT2D eigenvalue weighted by Crippen LogP contribution is -2.49. The quantitative estimate of drug-likeness (QED) is 0.414. The Morgan fingerprint density at radius 1 is 1.03 bits per heavy atom. The molecule has 0 radical (unpaired) electrons. The summed E-state index contributed by atoms with van der Waals surface area (Å²) in [6, 6.07) is 21.4. The first-order valence-electron chi connectivity index (χ1n) is 13.2. The van der Waals surface area contributed by atoms with Gasteiger partial charge in [0, 0.05) is 50.0 Å². The zero-order valence-corrected chi connectivity index (χ0v) is 21.8. The molecule has 1 atom stereocenters. The highest BCUT2D eigenvalue weighted by Gasteiger charge is 2.32. The van der Waals surface area contributed by atoms with E-state index in [2.05, 4.69) is 37.1 Å². The molecule has 1 fully saturated rings. The second-order valence-electron chi connectivity index (χ2n) is 9.86. The smallest absolute Gasteiger partial charge is 0.269 e. The maximum Gasteiger partial charge on any atom is 0.269 e. The predicted octanol–water partition coefficient (Wildman–Crippen LogP) is 3.58. The van der Waals surface area contributed by atoms with Gasteiger partial charge in [-0.2, -0.15) is 5.10 Å². The van der Waals surface area contributed by atoms with Crippen LogP contribution in [0.1, 0.15) is 33.1 Å². The molecule has 2 aliphatic heterocycles. The van der Waals surface area contributed by atoms with Crippen LogP contribution >= 0.6 is 0 Å². The molecule has 6 rings (SSSR count). The Balaban J connectivity index is 1.15. The molecule has 198 valence electrons. The number of hydrogen-bond donors (Lipinski definition) is 1. The Bertz CT molecular complexity index is 1530. The molecule has 9 heteroatoms. The van der Waals surface area contributed by atoms with Crippen LogP contribution in [0, 0.1) is 6.92 Å². The standard InChI is InChI=1S/C30H30N6O3/c1-21-26(18-32-33-29(21)37)36-19-23-7-2-3-10-25(23)27(36)20-39-24-9-6-8-22(17-24)30(38)35-15-13-34(14-16-35)28-11-4-5-12-31-28/h2-12,17-18,27H,13-16,19-20H2,1H3,(H,33,37)/t27-/m1/s1. The molecular weight excluding hydrogens is 492 g/mol. The number of aromatic nitrogens is 3. The first kappa shape index (κ1) is 24.7. The second kappa shape index (κ2) is 10.6. The number of ether oxygens (including phenoxy) is 1. The van der Waals surface area contributed by atoms with Crippen molar-refractivity contribution in [2.24, 2.45) is 0 Å². The maximum absolute atomic E-state index is 13.3. The number of piperazine rings is 1. The van der Waals surface area contributed by atoms with E-state index in [4.69, 9.17) is 4.74 Å². The topological polar surface area (TPSA) is 94.7 Å². The highest BCUT2D eigenvalue weighted by Crippen LogP contribution is 2.38. The number of rotatable bonds is 6. The van der Waals surface area contributed by atoms with Crippen molar-refractivity contribution in [3.05, 3.63) is 112 Å². The summed E-state index contributed by atoms with van der Waals surface area (Å²) in [7, 11) is 0. The van der Waals surface area contributed by atoms with Gasteiger partial charge in [-0.15, -0.1) is 0 Å². The molecule has 4 heterocycles. The molecule has 2 aromatic heterocycles. The van der Waals surface area contributed by atoms with Gasteiger partial charge in [0.25, 0.3) is 11.5 Å². The Hall–Kier alpha value is -4.66. The number of aromatic amines is 1. The first-order valence-corrected chi connectivity index (χ1v) is 13.2. The number of amides is 1. The van der Waals surface area contributed by atoms with E-state index in [9.17, 15) is 9.59 Å². The van der Waals surface area contributed by atoms with Crippen LogP contribution in [0.25, 0.3) is 0 Å². The molecule has 0 saturated carbocycles. The molecule has 9 nitrogen and oxygen atoms in total. The number of benzene rings is 2. The van der Waals surface area contributed by atoms with Crippen molar-refractivity contribution in [2.75, 3.05) is 42.6 Å². The highest BCUT2D eigenvalue weighted by atomic mass is 16.5. The third kappa shape index (κ3) is 4.95. The Kier molecular flexibility index (Phi) is 6.71. The third-order valence-corrected chi connectivity index (χ3v) is 7.55. The minimum absolute atomic E-state index is 0.000769. The molecule has 2 aromatic carbocycles. The third-order valence-electron chi connectivity index (χ3n) is 7.55. The number of carbonyl (C=O) groups excluding carboxylic acids is 1. The summed E-state index contributed by atoms with van der Waals surface area (Å²) in [6.45, 7) is 5.60. The van der Waals surface area contributed by atoms with E-state index in [1.165, 1.54) is 5.56 Å². The molecule has 1 saturated heterocycles. The van der Waals surface area contributed by atoms with Crippen molar-refractivity contribution in [2.45, 2.75) is 19.5 Å². The first-order chi connectivity index (χ1) is 19.1. The zero-order valence-electron chi connectivity index (χ0n) is 21.8. The average molecular weight is 523 g/mol. The van der Waals surface area contributed by atoms with E-state index in [-0.39, 0.29) is 17.5 Å². The number of fused-ring (bicyclic) bond motifs is 1. The summed E-state index contributed by atoms with van der Waals surface area (Å²) < 4.78 is 6.29. The van der Waals surface area contributed by atoms with E-state index >= 15 is 0 Å². The summed E-state index contributed by atoms with van der Waals surface area (Å²) in [5.74, 6) is 1.57. The molecule has 4 aromatic rings. The zero-order chi connectivity index (χ0) is 26.8. The van der Waals surface area contributed by atoms with E-state index < -0.39 is 0 Å². The summed E-state index contributed by atoms with van der Waals surface area (Å²) in [5, 5.41) is 6.54. The molecule has 0 bridgehead atoms. The van der Waals surface area contributed by atoms with Crippen molar-refractivity contribution in [1.82, 2.24) is 20.1 Å². The van der Waals surface area contributed by atoms with Crippen LogP contribution < -0.4 is 20.1 Å². The summed E-state index contributed by atoms with van der Waals surface area (Å²) >= 11 is 0. The average Bonchev–Trinajstić information content (AvgIpc) is 3.36. The van der Waals surface area contributed by atoms with E-state index in [0.717, 1.165) is 30.2 Å². The van der Waals surface area contributed by atoms with Gasteiger partial charge < -0.3 is 19.4 Å². The molecule has 0 unspecified atom stereocenters. The number of pyridine rings is 1. The van der Waals surface area contributed by atoms with E-state index in [1.54, 1.807) is 12.4 Å². The lowest BCUT2D eigenvalue weighted by molar-refractivity contribution is 0.0746. The van der Waals surface area contributed by atoms with Gasteiger partial charge in [-0.25, -0.2) is 10.1 Å². The Morgan fingerprint density at radius 3 is 2.67 bits per heavy atom. The van der Waals surface area contributed by atoms with E-state index in [1.807, 2.05) is 66.4 Å². The Labute approximate surface area is 226 Å². The number of nitrogens with one attached hydrogen (secondary N) is 1. The maximum atomic E-state index is 13.3. The number of anilines is 2. The van der Waals surface area contributed by atoms with Crippen LogP contribution in [0.5, 0.6) is 5.75 Å². The fraction of sp³-hybridized carbons (Fsp3) is 0.267. The van der Waals surface area contributed by atoms with Crippen molar-refractivity contribution in [3.63, 3.8) is 0 Å². The molecule has 0 spiro atoms. The molecule has 1 amide bonds. The summed E-state index contributed by atoms with van der Waals surface area (Å²) in [5.41, 5.74) is 4.18. The monoisotopic (exact) mass is 522 g/mol. The normalized spacial score (nSPS) is 16.7. The van der Waals surface area contributed by atoms with Crippen LogP contribution in [-0.4, -0.2) is 58.8 Å². The van der Waals surface area contributed by atoms with Gasteiger partial charge >= 0.3 is 0 Å². The largest absolute Gasteiger partial charge is 0.491 e. The van der Waals surface area contributed by atoms with Gasteiger partial charge in [-0.1, -0.05) is 36.4 Å². The Morgan fingerprint density at radius 2 is 1.85 bits per heavy atom. The molecule has 2 aliphatic rings. The summed E-state index contributed by atoms with van der Waals surface area (Å²) in [4.78, 5) is 36.2. The number of hydrogen-bond acceptors (Lipinski definition) is 7. The van der Waals surface area contributed by atoms with Crippen molar-refractivity contribution < 1.29 is 9.53 Å². The highest BCUT2D eigenvalue weighted by molar-refractivity contribution is 5.94. The summed E-state index contributed by atoms with van der Waals surface area (Å²) in [6.07, 6.45) is 3.49. The molecule has 1 N–H and O–H groups in total. The molecule has 0 aliphatic carbocycles. The minimum Gasteiger partial charge on any atom is -0.491 e. The van der Waals surface area contributed by atoms with Gasteiger partial charge in [0.05, 0.1) is 17.9 Å². The van der Waals surface area contributed by atoms with Crippen LogP contribution in [-0.2, 0) is 6.54 Å². The lowest BCUT2D eigenvalue weighted by atomic mass is 10.1. The van der Waals surface area contributed by atoms with Crippen molar-refractivity contribution in [1.29, 1.82) is 0 Å². The van der Waals surface area contributed by atoms with Crippen molar-refractivity contribution in [3.8, 4) is 5.75 Å². The predicted molar refractivity (Wildman–Crippen MR) is 149 cm³/mol. The fourth-order valence-corrected chi connectivity index (χ4v) is 5.39. The SMILES string of the molecule is Cc1c(N2Cc3ccccc3[C@H]2COc2cccc(C(=O)N3CCN(c4ccccn4)CC3)c2)cn[nH]c1=O. The molecule has 39 heavy (non-hydrogen) atoms. The van der Waals surface area contributed by atoms with Crippen LogP contribution in [0.15, 0.2) is 83.9 Å². The number of carbonyl (C=O) groups is 1. The van der Waals surface area contributed by atoms with Crippen molar-refractivity contribution >= 4 is 17.4 Å². The molecular formula is C30H30N6O3. The van der Waals surface area contributed by atoms with Crippen LogP contribution in [0.2, 0.25) is 0 Å².